The van der Waals surface area contributed by atoms with Gasteiger partial charge in [0.1, 0.15) is 23.4 Å². The van der Waals surface area contributed by atoms with Gasteiger partial charge < -0.3 is 20.1 Å². The number of nitrogens with one attached hydrogen (secondary N) is 2. The Labute approximate surface area is 209 Å². The second-order valence-corrected chi connectivity index (χ2v) is 8.29. The van der Waals surface area contributed by atoms with Crippen LogP contribution in [0, 0.1) is 0 Å². The van der Waals surface area contributed by atoms with Crippen molar-refractivity contribution in [1.82, 2.24) is 20.6 Å². The van der Waals surface area contributed by atoms with E-state index in [0.29, 0.717) is 24.5 Å². The number of esters is 1. The molecule has 2 aromatic carbocycles. The predicted molar refractivity (Wildman–Crippen MR) is 123 cm³/mol. The van der Waals surface area contributed by atoms with E-state index in [1.54, 1.807) is 12.1 Å². The first-order valence-corrected chi connectivity index (χ1v) is 11.0. The molecule has 1 fully saturated rings. The second kappa shape index (κ2) is 10.2. The number of nitrogens with zero attached hydrogens (tertiary/aromatic N) is 2. The van der Waals surface area contributed by atoms with Gasteiger partial charge in [-0.15, -0.1) is 0 Å². The molecule has 0 spiro atoms. The minimum Gasteiger partial charge on any atom is -0.465 e. The fraction of sp³-hybridized carbons (Fsp3) is 0.240. The van der Waals surface area contributed by atoms with Crippen molar-refractivity contribution >= 4 is 17.8 Å². The van der Waals surface area contributed by atoms with Crippen LogP contribution < -0.4 is 15.4 Å². The molecule has 1 heterocycles. The quantitative estimate of drug-likeness (QED) is 0.441. The van der Waals surface area contributed by atoms with Gasteiger partial charge in [0.05, 0.1) is 23.8 Å². The van der Waals surface area contributed by atoms with Gasteiger partial charge in [0, 0.05) is 18.9 Å². The van der Waals surface area contributed by atoms with Crippen LogP contribution in [0.25, 0.3) is 0 Å². The van der Waals surface area contributed by atoms with Gasteiger partial charge in [0.25, 0.3) is 5.91 Å². The van der Waals surface area contributed by atoms with Crippen molar-refractivity contribution in [2.24, 2.45) is 0 Å². The fourth-order valence-electron chi connectivity index (χ4n) is 3.48. The molecule has 2 N–H and O–H groups in total. The highest BCUT2D eigenvalue weighted by Crippen LogP contribution is 2.39. The summed E-state index contributed by atoms with van der Waals surface area (Å²) >= 11 is 0. The van der Waals surface area contributed by atoms with E-state index in [-0.39, 0.29) is 29.3 Å². The van der Waals surface area contributed by atoms with Crippen LogP contribution in [-0.2, 0) is 22.3 Å². The molecule has 2 amide bonds. The summed E-state index contributed by atoms with van der Waals surface area (Å²) in [5, 5.41) is 5.48. The zero-order valence-corrected chi connectivity index (χ0v) is 19.5. The summed E-state index contributed by atoms with van der Waals surface area (Å²) in [5.41, 5.74) is -1.47. The van der Waals surface area contributed by atoms with Crippen molar-refractivity contribution in [3.05, 3.63) is 83.4 Å². The average molecular weight is 514 g/mol. The van der Waals surface area contributed by atoms with Gasteiger partial charge in [-0.1, -0.05) is 12.1 Å². The minimum absolute atomic E-state index is 0.127. The molecule has 12 heteroatoms. The monoisotopic (exact) mass is 514 g/mol. The molecule has 37 heavy (non-hydrogen) atoms. The Morgan fingerprint density at radius 3 is 2.27 bits per heavy atom. The molecule has 1 aliphatic carbocycles. The molecule has 0 aliphatic heterocycles. The number of benzene rings is 2. The number of amides is 2. The number of rotatable bonds is 8. The fourth-order valence-corrected chi connectivity index (χ4v) is 3.48. The third kappa shape index (κ3) is 6.02. The van der Waals surface area contributed by atoms with Gasteiger partial charge in [0.2, 0.25) is 5.91 Å². The molecule has 1 aliphatic rings. The Bertz CT molecular complexity index is 1310. The molecule has 0 atom stereocenters. The van der Waals surface area contributed by atoms with Crippen LogP contribution in [0.15, 0.2) is 61.2 Å². The molecular formula is C25H21F3N4O5. The SMILES string of the molecule is COC(=O)c1ccc(Oc2ccc(CNC(=O)C3(NC(=O)c4cncnc4)CC3)cc2)c(C(F)(F)F)c1. The predicted octanol–water partition coefficient (Wildman–Crippen LogP) is 3.65. The van der Waals surface area contributed by atoms with Crippen LogP contribution >= 0.6 is 0 Å². The highest BCUT2D eigenvalue weighted by atomic mass is 19.4. The van der Waals surface area contributed by atoms with Gasteiger partial charge in [-0.3, -0.25) is 9.59 Å². The molecule has 0 unspecified atom stereocenters. The van der Waals surface area contributed by atoms with Crippen molar-refractivity contribution in [1.29, 1.82) is 0 Å². The van der Waals surface area contributed by atoms with Crippen LogP contribution in [0.5, 0.6) is 11.5 Å². The van der Waals surface area contributed by atoms with E-state index in [2.05, 4.69) is 25.3 Å². The van der Waals surface area contributed by atoms with Gasteiger partial charge in [-0.2, -0.15) is 13.2 Å². The van der Waals surface area contributed by atoms with Crippen molar-refractivity contribution in [2.75, 3.05) is 7.11 Å². The minimum atomic E-state index is -4.76. The van der Waals surface area contributed by atoms with Crippen molar-refractivity contribution in [3.8, 4) is 11.5 Å². The molecule has 9 nitrogen and oxygen atoms in total. The number of ether oxygens (including phenoxy) is 2. The van der Waals surface area contributed by atoms with E-state index >= 15 is 0 Å². The van der Waals surface area contributed by atoms with Gasteiger partial charge >= 0.3 is 12.1 Å². The second-order valence-electron chi connectivity index (χ2n) is 8.29. The van der Waals surface area contributed by atoms with E-state index < -0.39 is 34.9 Å². The maximum absolute atomic E-state index is 13.5. The first kappa shape index (κ1) is 25.6. The highest BCUT2D eigenvalue weighted by molar-refractivity contribution is 6.00. The highest BCUT2D eigenvalue weighted by Gasteiger charge is 2.51. The topological polar surface area (TPSA) is 120 Å². The van der Waals surface area contributed by atoms with Gasteiger partial charge in [0.15, 0.2) is 0 Å². The Hall–Kier alpha value is -4.48. The lowest BCUT2D eigenvalue weighted by molar-refractivity contribution is -0.138. The summed E-state index contributed by atoms with van der Waals surface area (Å²) in [4.78, 5) is 44.2. The number of aromatic nitrogens is 2. The largest absolute Gasteiger partial charge is 0.465 e. The van der Waals surface area contributed by atoms with Gasteiger partial charge in [-0.25, -0.2) is 14.8 Å². The lowest BCUT2D eigenvalue weighted by atomic mass is 10.1. The maximum Gasteiger partial charge on any atom is 0.420 e. The zero-order valence-electron chi connectivity index (χ0n) is 19.5. The number of hydrogen-bond donors (Lipinski definition) is 2. The maximum atomic E-state index is 13.5. The smallest absolute Gasteiger partial charge is 0.420 e. The number of halogens is 3. The summed E-state index contributed by atoms with van der Waals surface area (Å²) in [7, 11) is 1.07. The number of alkyl halides is 3. The number of carbonyl (C=O) groups excluding carboxylic acids is 3. The molecule has 192 valence electrons. The third-order valence-electron chi connectivity index (χ3n) is 5.67. The van der Waals surface area contributed by atoms with E-state index in [4.69, 9.17) is 4.74 Å². The summed E-state index contributed by atoms with van der Waals surface area (Å²) in [5.74, 6) is -2.05. The Balaban J connectivity index is 1.37. The molecule has 0 bridgehead atoms. The van der Waals surface area contributed by atoms with E-state index in [9.17, 15) is 27.6 Å². The van der Waals surface area contributed by atoms with Crippen LogP contribution in [0.2, 0.25) is 0 Å². The Kier molecular flexibility index (Phi) is 7.09. The summed E-state index contributed by atoms with van der Waals surface area (Å²) in [6.07, 6.45) is 0.215. The number of carbonyl (C=O) groups is 3. The molecule has 0 radical (unpaired) electrons. The van der Waals surface area contributed by atoms with Crippen LogP contribution in [0.3, 0.4) is 0 Å². The van der Waals surface area contributed by atoms with Crippen LogP contribution in [-0.4, -0.2) is 40.4 Å². The Morgan fingerprint density at radius 1 is 1.00 bits per heavy atom. The first-order valence-electron chi connectivity index (χ1n) is 11.0. The lowest BCUT2D eigenvalue weighted by Crippen LogP contribution is -2.48. The van der Waals surface area contributed by atoms with Crippen molar-refractivity contribution in [3.63, 3.8) is 0 Å². The van der Waals surface area contributed by atoms with Crippen molar-refractivity contribution < 1.29 is 37.0 Å². The van der Waals surface area contributed by atoms with Crippen LogP contribution in [0.4, 0.5) is 13.2 Å². The van der Waals surface area contributed by atoms with E-state index in [0.717, 1.165) is 13.2 Å². The molecule has 0 saturated heterocycles. The first-order chi connectivity index (χ1) is 17.6. The molecule has 3 aromatic rings. The number of hydrogen-bond acceptors (Lipinski definition) is 7. The third-order valence-corrected chi connectivity index (χ3v) is 5.67. The Morgan fingerprint density at radius 2 is 1.68 bits per heavy atom. The zero-order chi connectivity index (χ0) is 26.6. The average Bonchev–Trinajstić information content (AvgIpc) is 3.68. The lowest BCUT2D eigenvalue weighted by Gasteiger charge is -2.17. The van der Waals surface area contributed by atoms with E-state index in [1.165, 1.54) is 36.9 Å². The summed E-state index contributed by atoms with van der Waals surface area (Å²) in [6, 6.07) is 8.99. The van der Waals surface area contributed by atoms with E-state index in [1.807, 2.05) is 0 Å². The molecule has 1 aromatic heterocycles. The molecule has 4 rings (SSSR count). The molecular weight excluding hydrogens is 493 g/mol. The summed E-state index contributed by atoms with van der Waals surface area (Å²) in [6.45, 7) is 0.132. The standard InChI is InChI=1S/C25H21F3N4O5/c1-36-22(34)16-4-7-20(19(10-16)25(26,27)28)37-18-5-2-15(3-6-18)11-31-23(35)24(8-9-24)32-21(33)17-12-29-14-30-13-17/h2-7,10,12-14H,8-9,11H2,1H3,(H,31,35)(H,32,33). The number of methoxy groups -OCH3 is 1. The molecule has 1 saturated carbocycles. The summed E-state index contributed by atoms with van der Waals surface area (Å²) < 4.78 is 50.4. The van der Waals surface area contributed by atoms with Gasteiger partial charge in [-0.05, 0) is 48.7 Å². The van der Waals surface area contributed by atoms with Crippen LogP contribution in [0.1, 0.15) is 44.7 Å². The normalized spacial score (nSPS) is 13.8. The van der Waals surface area contributed by atoms with Crippen molar-refractivity contribution in [2.45, 2.75) is 31.1 Å².